The van der Waals surface area contributed by atoms with Gasteiger partial charge in [0.2, 0.25) is 0 Å². The largest absolute Gasteiger partial charge is 0.405 e. The number of carbonyl (C=O) groups excluding carboxylic acids is 2. The number of amides is 1. The van der Waals surface area contributed by atoms with Gasteiger partial charge >= 0.3 is 6.18 Å². The van der Waals surface area contributed by atoms with E-state index in [0.29, 0.717) is 42.5 Å². The number of piperidine rings is 1. The predicted molar refractivity (Wildman–Crippen MR) is 118 cm³/mol. The van der Waals surface area contributed by atoms with Gasteiger partial charge < -0.3 is 16.0 Å². The summed E-state index contributed by atoms with van der Waals surface area (Å²) in [5.41, 5.74) is 2.26. The van der Waals surface area contributed by atoms with Crippen LogP contribution >= 0.6 is 0 Å². The lowest BCUT2D eigenvalue weighted by Gasteiger charge is -2.24. The first-order chi connectivity index (χ1) is 14.8. The molecule has 6 nitrogen and oxygen atoms in total. The maximum atomic E-state index is 12.8. The maximum Gasteiger partial charge on any atom is 0.405 e. The fourth-order valence-corrected chi connectivity index (χ4v) is 3.80. The molecule has 0 unspecified atom stereocenters. The molecule has 0 aliphatic carbocycles. The number of nitrogens with zero attached hydrogens (tertiary/aromatic N) is 1. The number of anilines is 1. The van der Waals surface area contributed by atoms with Crippen LogP contribution in [0.4, 0.5) is 18.9 Å². The van der Waals surface area contributed by atoms with Gasteiger partial charge in [-0.1, -0.05) is 20.8 Å². The quantitative estimate of drug-likeness (QED) is 0.644. The highest BCUT2D eigenvalue weighted by molar-refractivity contribution is 5.97. The summed E-state index contributed by atoms with van der Waals surface area (Å²) in [6.07, 6.45) is -3.44. The van der Waals surface area contributed by atoms with E-state index in [-0.39, 0.29) is 23.4 Å². The fraction of sp³-hybridized carbons (Fsp3) is 0.522. The molecule has 0 saturated carbocycles. The van der Waals surface area contributed by atoms with Gasteiger partial charge in [-0.2, -0.15) is 13.2 Å². The number of carbonyl (C=O) groups is 2. The lowest BCUT2D eigenvalue weighted by atomic mass is 9.84. The van der Waals surface area contributed by atoms with Crippen molar-refractivity contribution in [2.24, 2.45) is 0 Å². The second kappa shape index (κ2) is 9.05. The Kier molecular flexibility index (Phi) is 6.78. The van der Waals surface area contributed by atoms with Crippen LogP contribution in [0.3, 0.4) is 0 Å². The fourth-order valence-electron chi connectivity index (χ4n) is 3.80. The van der Waals surface area contributed by atoms with Crippen LogP contribution in [0.5, 0.6) is 0 Å². The number of aromatic nitrogens is 1. The molecular formula is C23H29F3N4O2. The van der Waals surface area contributed by atoms with Crippen LogP contribution in [-0.4, -0.2) is 48.5 Å². The van der Waals surface area contributed by atoms with Crippen LogP contribution in [-0.2, 0) is 10.2 Å². The van der Waals surface area contributed by atoms with E-state index >= 15 is 0 Å². The van der Waals surface area contributed by atoms with Gasteiger partial charge in [0.1, 0.15) is 18.0 Å². The maximum absolute atomic E-state index is 12.8. The summed E-state index contributed by atoms with van der Waals surface area (Å²) >= 11 is 0. The molecule has 1 fully saturated rings. The number of halogens is 3. The van der Waals surface area contributed by atoms with Gasteiger partial charge in [-0.3, -0.25) is 9.59 Å². The highest BCUT2D eigenvalue weighted by Gasteiger charge is 2.28. The minimum Gasteiger partial charge on any atom is -0.376 e. The summed E-state index contributed by atoms with van der Waals surface area (Å²) in [5.74, 6) is -0.179. The van der Waals surface area contributed by atoms with Crippen molar-refractivity contribution in [2.45, 2.75) is 58.2 Å². The molecule has 3 N–H and O–H groups in total. The number of nitrogens with one attached hydrogen (secondary N) is 3. The van der Waals surface area contributed by atoms with Gasteiger partial charge in [0.25, 0.3) is 5.91 Å². The lowest BCUT2D eigenvalue weighted by Crippen LogP contribution is -2.46. The molecule has 2 heterocycles. The molecule has 1 amide bonds. The first kappa shape index (κ1) is 24.0. The Morgan fingerprint density at radius 2 is 1.94 bits per heavy atom. The molecule has 0 bridgehead atoms. The number of aryl methyl sites for hydroxylation is 1. The molecular weight excluding hydrogens is 421 g/mol. The average molecular weight is 451 g/mol. The normalized spacial score (nSPS) is 17.5. The van der Waals surface area contributed by atoms with Crippen molar-refractivity contribution in [1.29, 1.82) is 0 Å². The summed E-state index contributed by atoms with van der Waals surface area (Å²) in [4.78, 5) is 29.0. The number of benzene rings is 1. The Morgan fingerprint density at radius 1 is 1.22 bits per heavy atom. The molecule has 1 aromatic carbocycles. The summed E-state index contributed by atoms with van der Waals surface area (Å²) in [6, 6.07) is 4.84. The molecule has 1 atom stereocenters. The second-order valence-corrected chi connectivity index (χ2v) is 9.32. The van der Waals surface area contributed by atoms with Crippen LogP contribution < -0.4 is 16.0 Å². The highest BCUT2D eigenvalue weighted by Crippen LogP contribution is 2.34. The van der Waals surface area contributed by atoms with Crippen LogP contribution in [0.15, 0.2) is 18.2 Å². The highest BCUT2D eigenvalue weighted by atomic mass is 19.4. The van der Waals surface area contributed by atoms with Gasteiger partial charge in [0, 0.05) is 43.0 Å². The molecule has 1 saturated heterocycles. The summed E-state index contributed by atoms with van der Waals surface area (Å²) in [6.45, 7) is 7.44. The zero-order valence-electron chi connectivity index (χ0n) is 18.7. The summed E-state index contributed by atoms with van der Waals surface area (Å²) < 4.78 is 38.1. The molecule has 0 radical (unpaired) electrons. The molecule has 1 aliphatic rings. The molecule has 1 aliphatic heterocycles. The molecule has 9 heteroatoms. The number of pyridine rings is 1. The second-order valence-electron chi connectivity index (χ2n) is 9.32. The van der Waals surface area contributed by atoms with E-state index in [0.717, 1.165) is 11.1 Å². The van der Waals surface area contributed by atoms with Gasteiger partial charge in [-0.25, -0.2) is 4.98 Å². The standard InChI is InChI=1S/C23H29F3N4O2/c1-13-7-19(21(32)28-11-15-8-16(31)5-6-27-15)30-20-17(13)9-14(29-12-23(24,25)26)10-18(20)22(2,3)4/h7,9-10,15,27,29H,5-6,8,11-12H2,1-4H3,(H,28,32)/t15-/m0/s1. The third-order valence-electron chi connectivity index (χ3n) is 5.47. The molecule has 1 aromatic heterocycles. The Balaban J connectivity index is 1.91. The molecule has 32 heavy (non-hydrogen) atoms. The zero-order chi connectivity index (χ0) is 23.7. The van der Waals surface area contributed by atoms with Crippen molar-refractivity contribution in [3.63, 3.8) is 0 Å². The van der Waals surface area contributed by atoms with Gasteiger partial charge in [-0.05, 0) is 41.7 Å². The van der Waals surface area contributed by atoms with Crippen LogP contribution in [0, 0.1) is 6.92 Å². The first-order valence-corrected chi connectivity index (χ1v) is 10.6. The van der Waals surface area contributed by atoms with E-state index in [4.69, 9.17) is 0 Å². The van der Waals surface area contributed by atoms with Crippen molar-refractivity contribution < 1.29 is 22.8 Å². The number of alkyl halides is 3. The molecule has 0 spiro atoms. The van der Waals surface area contributed by atoms with Crippen molar-refractivity contribution in [3.05, 3.63) is 35.0 Å². The monoisotopic (exact) mass is 450 g/mol. The Labute approximate surface area is 185 Å². The Hall–Kier alpha value is -2.68. The van der Waals surface area contributed by atoms with Crippen LogP contribution in [0.2, 0.25) is 0 Å². The van der Waals surface area contributed by atoms with E-state index in [1.807, 2.05) is 27.7 Å². The van der Waals surface area contributed by atoms with E-state index in [1.54, 1.807) is 18.2 Å². The first-order valence-electron chi connectivity index (χ1n) is 10.6. The number of hydrogen-bond donors (Lipinski definition) is 3. The minimum atomic E-state index is -4.33. The van der Waals surface area contributed by atoms with Crippen LogP contribution in [0.25, 0.3) is 10.9 Å². The Morgan fingerprint density at radius 3 is 2.56 bits per heavy atom. The zero-order valence-corrected chi connectivity index (χ0v) is 18.7. The number of Topliss-reactive ketones (excluding diaryl/α,β-unsaturated/α-hetero) is 1. The third-order valence-corrected chi connectivity index (χ3v) is 5.47. The minimum absolute atomic E-state index is 0.103. The van der Waals surface area contributed by atoms with Crippen molar-refractivity contribution in [3.8, 4) is 0 Å². The number of fused-ring (bicyclic) bond motifs is 1. The van der Waals surface area contributed by atoms with E-state index < -0.39 is 18.1 Å². The number of ketones is 1. The summed E-state index contributed by atoms with van der Waals surface area (Å²) in [7, 11) is 0. The number of hydrogen-bond acceptors (Lipinski definition) is 5. The molecule has 174 valence electrons. The van der Waals surface area contributed by atoms with E-state index in [2.05, 4.69) is 20.9 Å². The topological polar surface area (TPSA) is 83.1 Å². The van der Waals surface area contributed by atoms with Gasteiger partial charge in [0.05, 0.1) is 5.52 Å². The van der Waals surface area contributed by atoms with Gasteiger partial charge in [-0.15, -0.1) is 0 Å². The smallest absolute Gasteiger partial charge is 0.376 e. The Bertz CT molecular complexity index is 1030. The SMILES string of the molecule is Cc1cc(C(=O)NC[C@@H]2CC(=O)CCN2)nc2c(C(C)(C)C)cc(NCC(F)(F)F)cc12. The van der Waals surface area contributed by atoms with Crippen molar-refractivity contribution >= 4 is 28.3 Å². The van der Waals surface area contributed by atoms with E-state index in [9.17, 15) is 22.8 Å². The average Bonchev–Trinajstić information content (AvgIpc) is 2.69. The summed E-state index contributed by atoms with van der Waals surface area (Å²) in [5, 5.41) is 9.19. The third kappa shape index (κ3) is 5.97. The van der Waals surface area contributed by atoms with Crippen LogP contribution in [0.1, 0.15) is 55.2 Å². The van der Waals surface area contributed by atoms with Crippen molar-refractivity contribution in [1.82, 2.24) is 15.6 Å². The molecule has 2 aromatic rings. The lowest BCUT2D eigenvalue weighted by molar-refractivity contribution is -0.120. The van der Waals surface area contributed by atoms with Gasteiger partial charge in [0.15, 0.2) is 0 Å². The van der Waals surface area contributed by atoms with Crippen molar-refractivity contribution in [2.75, 3.05) is 25.0 Å². The molecule has 3 rings (SSSR count). The van der Waals surface area contributed by atoms with E-state index in [1.165, 1.54) is 0 Å². The predicted octanol–water partition coefficient (Wildman–Crippen LogP) is 3.87. The number of rotatable bonds is 5.